The summed E-state index contributed by atoms with van der Waals surface area (Å²) >= 11 is 7.70. The van der Waals surface area contributed by atoms with E-state index in [4.69, 9.17) is 16.3 Å². The topological polar surface area (TPSA) is 128 Å². The number of benzene rings is 3. The Morgan fingerprint density at radius 1 is 0.975 bits per heavy atom. The highest BCUT2D eigenvalue weighted by Crippen LogP contribution is 2.41. The molecular formula is C27H25ClN2O7S3. The number of anilines is 1. The molecule has 1 aliphatic heterocycles. The average molecular weight is 621 g/mol. The molecule has 0 aliphatic carbocycles. The summed E-state index contributed by atoms with van der Waals surface area (Å²) in [6, 6.07) is 21.0. The molecule has 0 fully saturated rings. The van der Waals surface area contributed by atoms with Gasteiger partial charge >= 0.3 is 0 Å². The van der Waals surface area contributed by atoms with Crippen LogP contribution in [0.4, 0.5) is 5.69 Å². The van der Waals surface area contributed by atoms with E-state index in [1.807, 2.05) is 53.1 Å². The number of aryl methyl sites for hydroxylation is 1. The van der Waals surface area contributed by atoms with Crippen LogP contribution < -0.4 is 14.2 Å². The summed E-state index contributed by atoms with van der Waals surface area (Å²) in [5.41, 5.74) is 3.55. The van der Waals surface area contributed by atoms with Crippen LogP contribution in [0.25, 0.3) is 27.4 Å². The van der Waals surface area contributed by atoms with E-state index in [1.54, 1.807) is 29.2 Å². The second-order valence-electron chi connectivity index (χ2n) is 9.24. The fourth-order valence-electron chi connectivity index (χ4n) is 4.57. The molecule has 40 heavy (non-hydrogen) atoms. The summed E-state index contributed by atoms with van der Waals surface area (Å²) in [5.74, 6) is 0.0571. The monoisotopic (exact) mass is 620 g/mol. The molecular weight excluding hydrogens is 596 g/mol. The Kier molecular flexibility index (Phi) is 8.18. The van der Waals surface area contributed by atoms with Crippen LogP contribution in [0.2, 0.25) is 5.02 Å². The van der Waals surface area contributed by atoms with E-state index < -0.39 is 31.7 Å². The third-order valence-electron chi connectivity index (χ3n) is 6.34. The van der Waals surface area contributed by atoms with Crippen LogP contribution in [-0.2, 0) is 26.8 Å². The number of aromatic nitrogens is 1. The maximum absolute atomic E-state index is 11.3. The number of nitrogens with zero attached hydrogens (tertiary/aromatic N) is 2. The predicted molar refractivity (Wildman–Crippen MR) is 155 cm³/mol. The fraction of sp³-hybridized carbons (Fsp3) is 0.222. The van der Waals surface area contributed by atoms with Crippen molar-refractivity contribution in [2.24, 2.45) is 0 Å². The summed E-state index contributed by atoms with van der Waals surface area (Å²) < 4.78 is 74.9. The Balaban J connectivity index is 1.57. The molecule has 1 N–H and O–H groups in total. The van der Waals surface area contributed by atoms with E-state index >= 15 is 0 Å². The number of fused-ring (bicyclic) bond motifs is 2. The van der Waals surface area contributed by atoms with Gasteiger partial charge in [-0.15, -0.1) is 0 Å². The van der Waals surface area contributed by atoms with Crippen LogP contribution >= 0.6 is 22.9 Å². The number of halogens is 1. The molecule has 0 atom stereocenters. The molecule has 2 heterocycles. The van der Waals surface area contributed by atoms with Crippen molar-refractivity contribution in [3.05, 3.63) is 82.6 Å². The van der Waals surface area contributed by atoms with Crippen molar-refractivity contribution in [2.75, 3.05) is 23.0 Å². The molecule has 13 heteroatoms. The highest BCUT2D eigenvalue weighted by Gasteiger charge is 2.29. The van der Waals surface area contributed by atoms with Crippen molar-refractivity contribution >= 4 is 65.2 Å². The summed E-state index contributed by atoms with van der Waals surface area (Å²) in [6.45, 7) is 0.511. The van der Waals surface area contributed by atoms with Crippen molar-refractivity contribution in [3.63, 3.8) is 0 Å². The van der Waals surface area contributed by atoms with E-state index in [0.29, 0.717) is 22.3 Å². The van der Waals surface area contributed by atoms with Crippen LogP contribution in [0.1, 0.15) is 17.8 Å². The van der Waals surface area contributed by atoms with Crippen molar-refractivity contribution in [1.29, 1.82) is 0 Å². The molecule has 0 radical (unpaired) electrons. The van der Waals surface area contributed by atoms with E-state index in [9.17, 15) is 25.9 Å². The maximum atomic E-state index is 11.3. The summed E-state index contributed by atoms with van der Waals surface area (Å²) in [5, 5.41) is 1.23. The molecule has 0 bridgehead atoms. The largest absolute Gasteiger partial charge is 0.748 e. The van der Waals surface area contributed by atoms with Gasteiger partial charge in [0.15, 0.2) is 12.3 Å². The minimum Gasteiger partial charge on any atom is -0.748 e. The second-order valence-corrected chi connectivity index (χ2v) is 13.8. The zero-order chi connectivity index (χ0) is 28.5. The van der Waals surface area contributed by atoms with Gasteiger partial charge in [-0.3, -0.25) is 4.55 Å². The van der Waals surface area contributed by atoms with E-state index in [2.05, 4.69) is 0 Å². The molecule has 3 aromatic carbocycles. The Hall–Kier alpha value is -3.00. The summed E-state index contributed by atoms with van der Waals surface area (Å²) in [4.78, 5) is 1.79. The van der Waals surface area contributed by atoms with Gasteiger partial charge in [0.05, 0.1) is 27.6 Å². The first-order chi connectivity index (χ1) is 19.0. The number of rotatable bonds is 10. The summed E-state index contributed by atoms with van der Waals surface area (Å²) in [6.07, 6.45) is 2.07. The van der Waals surface area contributed by atoms with Gasteiger partial charge in [0, 0.05) is 29.8 Å². The first-order valence-electron chi connectivity index (χ1n) is 12.3. The predicted octanol–water partition coefficient (Wildman–Crippen LogP) is 4.92. The van der Waals surface area contributed by atoms with Gasteiger partial charge in [-0.25, -0.2) is 8.42 Å². The minimum atomic E-state index is -4.38. The fourth-order valence-corrected chi connectivity index (χ4v) is 6.81. The molecule has 5 rings (SSSR count). The van der Waals surface area contributed by atoms with Crippen molar-refractivity contribution in [1.82, 2.24) is 0 Å². The van der Waals surface area contributed by atoms with Gasteiger partial charge in [0.1, 0.15) is 4.70 Å². The van der Waals surface area contributed by atoms with Gasteiger partial charge in [-0.05, 0) is 41.8 Å². The first-order valence-corrected chi connectivity index (χ1v) is 16.7. The van der Waals surface area contributed by atoms with Crippen LogP contribution in [0.15, 0.2) is 72.6 Å². The lowest BCUT2D eigenvalue weighted by atomic mass is 10.1. The van der Waals surface area contributed by atoms with Gasteiger partial charge < -0.3 is 14.2 Å². The minimum absolute atomic E-state index is 0.128. The molecule has 9 nitrogen and oxygen atoms in total. The van der Waals surface area contributed by atoms with Gasteiger partial charge in [-0.1, -0.05) is 59.3 Å². The number of ether oxygens (including phenoxy) is 1. The van der Waals surface area contributed by atoms with Crippen molar-refractivity contribution in [2.45, 2.75) is 19.4 Å². The molecule has 4 aromatic rings. The van der Waals surface area contributed by atoms with Gasteiger partial charge in [0.25, 0.3) is 15.1 Å². The molecule has 0 unspecified atom stereocenters. The SMILES string of the molecule is O=S(=O)([O-])CCC[n+]1c(C=C2Oc3ccc(Cl)cc3N2CCCS(=O)(=O)O)sc2ccc(-c3ccccc3)cc21. The van der Waals surface area contributed by atoms with Crippen LogP contribution in [0.3, 0.4) is 0 Å². The van der Waals surface area contributed by atoms with Gasteiger partial charge in [0.2, 0.25) is 11.4 Å². The highest BCUT2D eigenvalue weighted by atomic mass is 35.5. The zero-order valence-corrected chi connectivity index (χ0v) is 24.3. The van der Waals surface area contributed by atoms with Crippen molar-refractivity contribution < 1.29 is 35.2 Å². The zero-order valence-electron chi connectivity index (χ0n) is 21.1. The standard InChI is InChI=1S/C27H25ClN2O7S3/c28-21-9-10-24-22(17-21)29(12-4-14-39(31,32)33)26(37-24)18-27-30(13-5-15-40(34,35)36)23-16-20(8-11-25(23)38-27)19-6-2-1-3-7-19/h1-3,6-11,16-18H,4-5,12-15H2,(H-,31,32,33,34,35,36). The van der Waals surface area contributed by atoms with Gasteiger partial charge in [-0.2, -0.15) is 13.0 Å². The molecule has 1 aromatic heterocycles. The third-order valence-corrected chi connectivity index (χ3v) is 9.28. The third kappa shape index (κ3) is 6.82. The number of hydrogen-bond acceptors (Lipinski definition) is 8. The van der Waals surface area contributed by atoms with Crippen LogP contribution in [-0.4, -0.2) is 44.0 Å². The van der Waals surface area contributed by atoms with E-state index in [1.165, 1.54) is 11.3 Å². The molecule has 0 amide bonds. The molecule has 1 aliphatic rings. The van der Waals surface area contributed by atoms with Crippen LogP contribution in [0, 0.1) is 0 Å². The lowest BCUT2D eigenvalue weighted by molar-refractivity contribution is -0.668. The second kappa shape index (κ2) is 11.5. The summed E-state index contributed by atoms with van der Waals surface area (Å²) in [7, 11) is -8.52. The smallest absolute Gasteiger partial charge is 0.268 e. The number of hydrogen-bond donors (Lipinski definition) is 1. The van der Waals surface area contributed by atoms with E-state index in [-0.39, 0.29) is 25.9 Å². The Morgan fingerprint density at radius 3 is 2.48 bits per heavy atom. The van der Waals surface area contributed by atoms with Crippen LogP contribution in [0.5, 0.6) is 5.75 Å². The first kappa shape index (κ1) is 28.5. The Bertz CT molecular complexity index is 1800. The average Bonchev–Trinajstić information content (AvgIpc) is 3.40. The molecule has 0 spiro atoms. The lowest BCUT2D eigenvalue weighted by Gasteiger charge is -2.17. The maximum Gasteiger partial charge on any atom is 0.268 e. The Morgan fingerprint density at radius 2 is 1.75 bits per heavy atom. The van der Waals surface area contributed by atoms with Crippen molar-refractivity contribution in [3.8, 4) is 16.9 Å². The number of thiazole rings is 1. The molecule has 0 saturated heterocycles. The highest BCUT2D eigenvalue weighted by molar-refractivity contribution is 7.85. The molecule has 210 valence electrons. The lowest BCUT2D eigenvalue weighted by Crippen LogP contribution is -2.36. The molecule has 0 saturated carbocycles. The Labute approximate surface area is 241 Å². The quantitative estimate of drug-likeness (QED) is 0.195. The van der Waals surface area contributed by atoms with E-state index in [0.717, 1.165) is 26.4 Å². The normalized spacial score (nSPS) is 14.6.